The Kier molecular flexibility index (Phi) is 2.50. The molecule has 1 aliphatic carbocycles. The molecule has 1 aromatic carbocycles. The maximum Gasteiger partial charge on any atom is 0.132 e. The fourth-order valence-electron chi connectivity index (χ4n) is 2.22. The van der Waals surface area contributed by atoms with Gasteiger partial charge in [0.25, 0.3) is 0 Å². The lowest BCUT2D eigenvalue weighted by atomic mass is 10.2. The number of nitrogens with zero attached hydrogens (tertiary/aromatic N) is 1. The zero-order valence-electron chi connectivity index (χ0n) is 9.48. The summed E-state index contributed by atoms with van der Waals surface area (Å²) >= 11 is 0. The van der Waals surface area contributed by atoms with Crippen molar-refractivity contribution in [3.8, 4) is 11.8 Å². The van der Waals surface area contributed by atoms with E-state index in [4.69, 9.17) is 14.7 Å². The first-order valence-corrected chi connectivity index (χ1v) is 5.84. The normalized spacial score (nSPS) is 30.9. The second kappa shape index (κ2) is 4.02. The SMILES string of the molecule is N#Cc1cccc(O[C@H]2C[C@@]23CNCCO3)c1. The van der Waals surface area contributed by atoms with Crippen molar-refractivity contribution in [1.29, 1.82) is 5.26 Å². The van der Waals surface area contributed by atoms with Crippen molar-refractivity contribution >= 4 is 0 Å². The van der Waals surface area contributed by atoms with E-state index in [2.05, 4.69) is 11.4 Å². The lowest BCUT2D eigenvalue weighted by Gasteiger charge is -2.24. The van der Waals surface area contributed by atoms with Gasteiger partial charge in [-0.05, 0) is 18.2 Å². The number of ether oxygens (including phenoxy) is 2. The van der Waals surface area contributed by atoms with Crippen molar-refractivity contribution in [2.45, 2.75) is 18.1 Å². The van der Waals surface area contributed by atoms with E-state index >= 15 is 0 Å². The second-order valence-electron chi connectivity index (χ2n) is 4.54. The van der Waals surface area contributed by atoms with Crippen LogP contribution in [0.2, 0.25) is 0 Å². The molecule has 1 spiro atoms. The van der Waals surface area contributed by atoms with Gasteiger partial charge in [0, 0.05) is 19.5 Å². The minimum Gasteiger partial charge on any atom is -0.487 e. The van der Waals surface area contributed by atoms with Crippen LogP contribution < -0.4 is 10.1 Å². The quantitative estimate of drug-likeness (QED) is 0.825. The number of hydrogen-bond donors (Lipinski definition) is 1. The van der Waals surface area contributed by atoms with Crippen LogP contribution in [0, 0.1) is 11.3 Å². The maximum atomic E-state index is 8.81. The van der Waals surface area contributed by atoms with Gasteiger partial charge in [-0.25, -0.2) is 0 Å². The van der Waals surface area contributed by atoms with Crippen molar-refractivity contribution in [2.75, 3.05) is 19.7 Å². The highest BCUT2D eigenvalue weighted by Crippen LogP contribution is 2.43. The molecule has 2 fully saturated rings. The summed E-state index contributed by atoms with van der Waals surface area (Å²) in [6.07, 6.45) is 1.04. The third-order valence-corrected chi connectivity index (χ3v) is 3.29. The molecule has 0 amide bonds. The minimum absolute atomic E-state index is 0.115. The molecule has 4 heteroatoms. The van der Waals surface area contributed by atoms with Crippen LogP contribution >= 0.6 is 0 Å². The fourth-order valence-corrected chi connectivity index (χ4v) is 2.22. The van der Waals surface area contributed by atoms with Crippen molar-refractivity contribution in [3.63, 3.8) is 0 Å². The summed E-state index contributed by atoms with van der Waals surface area (Å²) in [5.41, 5.74) is 0.501. The molecule has 1 saturated carbocycles. The van der Waals surface area contributed by atoms with Gasteiger partial charge in [-0.15, -0.1) is 0 Å². The first-order valence-electron chi connectivity index (χ1n) is 5.84. The van der Waals surface area contributed by atoms with Crippen molar-refractivity contribution in [2.24, 2.45) is 0 Å². The van der Waals surface area contributed by atoms with Gasteiger partial charge >= 0.3 is 0 Å². The molecule has 1 saturated heterocycles. The van der Waals surface area contributed by atoms with E-state index in [1.54, 1.807) is 12.1 Å². The molecule has 2 atom stereocenters. The molecule has 3 rings (SSSR count). The largest absolute Gasteiger partial charge is 0.487 e. The van der Waals surface area contributed by atoms with Gasteiger partial charge in [0.2, 0.25) is 0 Å². The highest BCUT2D eigenvalue weighted by atomic mass is 16.6. The molecule has 88 valence electrons. The smallest absolute Gasteiger partial charge is 0.132 e. The minimum atomic E-state index is -0.124. The summed E-state index contributed by atoms with van der Waals surface area (Å²) in [6, 6.07) is 9.36. The summed E-state index contributed by atoms with van der Waals surface area (Å²) in [6.45, 7) is 2.52. The highest BCUT2D eigenvalue weighted by molar-refractivity contribution is 5.36. The summed E-state index contributed by atoms with van der Waals surface area (Å²) in [4.78, 5) is 0. The zero-order valence-corrected chi connectivity index (χ0v) is 9.48. The molecule has 17 heavy (non-hydrogen) atoms. The molecule has 0 aromatic heterocycles. The average Bonchev–Trinajstić information content (AvgIpc) is 3.02. The molecule has 0 radical (unpaired) electrons. The van der Waals surface area contributed by atoms with Crippen LogP contribution in [-0.2, 0) is 4.74 Å². The van der Waals surface area contributed by atoms with Crippen LogP contribution in [0.3, 0.4) is 0 Å². The Hall–Kier alpha value is -1.57. The first kappa shape index (κ1) is 10.6. The molecule has 4 nitrogen and oxygen atoms in total. The lowest BCUT2D eigenvalue weighted by Crippen LogP contribution is -2.43. The Morgan fingerprint density at radius 2 is 2.47 bits per heavy atom. The Balaban J connectivity index is 1.67. The highest BCUT2D eigenvalue weighted by Gasteiger charge is 2.58. The monoisotopic (exact) mass is 230 g/mol. The molecule has 1 heterocycles. The van der Waals surface area contributed by atoms with Crippen LogP contribution in [0.25, 0.3) is 0 Å². The summed E-state index contributed by atoms with van der Waals surface area (Å²) < 4.78 is 11.6. The predicted octanol–water partition coefficient (Wildman–Crippen LogP) is 1.07. The summed E-state index contributed by atoms with van der Waals surface area (Å²) in [5, 5.41) is 12.1. The van der Waals surface area contributed by atoms with Crippen molar-refractivity contribution in [1.82, 2.24) is 5.32 Å². The Morgan fingerprint density at radius 3 is 3.24 bits per heavy atom. The molecule has 0 unspecified atom stereocenters. The van der Waals surface area contributed by atoms with Crippen LogP contribution in [-0.4, -0.2) is 31.4 Å². The molecule has 1 aromatic rings. The van der Waals surface area contributed by atoms with Crippen LogP contribution in [0.5, 0.6) is 5.75 Å². The van der Waals surface area contributed by atoms with Crippen LogP contribution in [0.4, 0.5) is 0 Å². The van der Waals surface area contributed by atoms with Gasteiger partial charge < -0.3 is 14.8 Å². The van der Waals surface area contributed by atoms with E-state index in [-0.39, 0.29) is 11.7 Å². The van der Waals surface area contributed by atoms with E-state index in [0.29, 0.717) is 5.56 Å². The van der Waals surface area contributed by atoms with E-state index < -0.39 is 0 Å². The van der Waals surface area contributed by atoms with Crippen molar-refractivity contribution in [3.05, 3.63) is 29.8 Å². The van der Waals surface area contributed by atoms with Gasteiger partial charge in [0.1, 0.15) is 17.5 Å². The first-order chi connectivity index (χ1) is 8.32. The third-order valence-electron chi connectivity index (χ3n) is 3.29. The van der Waals surface area contributed by atoms with E-state index in [1.807, 2.05) is 12.1 Å². The standard InChI is InChI=1S/C13H14N2O2/c14-8-10-2-1-3-11(6-10)17-12-7-13(12)9-15-4-5-16-13/h1-3,6,12,15H,4-5,7,9H2/t12-,13+/m0/s1. The average molecular weight is 230 g/mol. The Labute approximate surface area is 100 Å². The molecule has 2 aliphatic rings. The number of nitrogens with one attached hydrogen (secondary N) is 1. The van der Waals surface area contributed by atoms with E-state index in [1.165, 1.54) is 0 Å². The molecule has 0 bridgehead atoms. The van der Waals surface area contributed by atoms with E-state index in [0.717, 1.165) is 31.9 Å². The maximum absolute atomic E-state index is 8.81. The van der Waals surface area contributed by atoms with Gasteiger partial charge in [0.05, 0.1) is 18.2 Å². The topological polar surface area (TPSA) is 54.3 Å². The zero-order chi connectivity index (χ0) is 11.7. The number of nitriles is 1. The third kappa shape index (κ3) is 1.99. The second-order valence-corrected chi connectivity index (χ2v) is 4.54. The number of rotatable bonds is 2. The number of hydrogen-bond acceptors (Lipinski definition) is 4. The summed E-state index contributed by atoms with van der Waals surface area (Å²) in [7, 11) is 0. The van der Waals surface area contributed by atoms with E-state index in [9.17, 15) is 0 Å². The Morgan fingerprint density at radius 1 is 1.53 bits per heavy atom. The van der Waals surface area contributed by atoms with Crippen LogP contribution in [0.1, 0.15) is 12.0 Å². The number of morpholine rings is 1. The van der Waals surface area contributed by atoms with Gasteiger partial charge in [-0.1, -0.05) is 6.07 Å². The Bertz CT molecular complexity index is 461. The van der Waals surface area contributed by atoms with Crippen molar-refractivity contribution < 1.29 is 9.47 Å². The van der Waals surface area contributed by atoms with Gasteiger partial charge in [-0.3, -0.25) is 0 Å². The molecule has 1 aliphatic heterocycles. The predicted molar refractivity (Wildman–Crippen MR) is 61.7 cm³/mol. The number of benzene rings is 1. The van der Waals surface area contributed by atoms with Crippen LogP contribution in [0.15, 0.2) is 24.3 Å². The lowest BCUT2D eigenvalue weighted by molar-refractivity contribution is -0.0159. The molecule has 1 N–H and O–H groups in total. The molecular weight excluding hydrogens is 216 g/mol. The molecular formula is C13H14N2O2. The van der Waals surface area contributed by atoms with Gasteiger partial charge in [-0.2, -0.15) is 5.26 Å². The van der Waals surface area contributed by atoms with Gasteiger partial charge in [0.15, 0.2) is 0 Å². The fraction of sp³-hybridized carbons (Fsp3) is 0.462. The summed E-state index contributed by atoms with van der Waals surface area (Å²) in [5.74, 6) is 0.750.